The van der Waals surface area contributed by atoms with E-state index in [0.29, 0.717) is 18.4 Å². The van der Waals surface area contributed by atoms with Gasteiger partial charge in [0.1, 0.15) is 5.82 Å². The van der Waals surface area contributed by atoms with Crippen LogP contribution in [-0.2, 0) is 11.8 Å². The number of fused-ring (bicyclic) bond motifs is 1. The number of rotatable bonds is 3. The van der Waals surface area contributed by atoms with Crippen molar-refractivity contribution >= 4 is 22.8 Å². The summed E-state index contributed by atoms with van der Waals surface area (Å²) in [6, 6.07) is 1.41. The van der Waals surface area contributed by atoms with Gasteiger partial charge >= 0.3 is 5.69 Å². The number of hydrogen-bond acceptors (Lipinski definition) is 4. The molecule has 0 bridgehead atoms. The Kier molecular flexibility index (Phi) is 2.91. The average molecular weight is 346 g/mol. The number of nitrogens with one attached hydrogen (secondary N) is 1. The number of imidazole rings is 1. The third kappa shape index (κ3) is 2.81. The summed E-state index contributed by atoms with van der Waals surface area (Å²) in [5, 5.41) is 3.17. The minimum Gasteiger partial charge on any atom is -0.384 e. The maximum Gasteiger partial charge on any atom is 0.329 e. The topological polar surface area (TPSA) is 94.9 Å². The summed E-state index contributed by atoms with van der Waals surface area (Å²) in [4.78, 5) is 29.1. The van der Waals surface area contributed by atoms with Crippen LogP contribution in [0.25, 0.3) is 11.0 Å². The van der Waals surface area contributed by atoms with E-state index in [0.717, 1.165) is 30.3 Å². The Morgan fingerprint density at radius 1 is 1.36 bits per heavy atom. The first kappa shape index (κ1) is 13.0. The predicted octanol–water partition coefficient (Wildman–Crippen LogP) is 1.72. The Labute approximate surface area is 150 Å². The first-order valence-corrected chi connectivity index (χ1v) is 8.80. The van der Waals surface area contributed by atoms with Gasteiger partial charge in [-0.05, 0) is 45.4 Å². The molecule has 2 aromatic heterocycles. The zero-order chi connectivity index (χ0) is 20.3. The second-order valence-electron chi connectivity index (χ2n) is 7.64. The summed E-state index contributed by atoms with van der Waals surface area (Å²) in [6.45, 7) is -0.556. The van der Waals surface area contributed by atoms with Crippen LogP contribution in [-0.4, -0.2) is 25.6 Å². The Balaban J connectivity index is 1.65. The lowest BCUT2D eigenvalue weighted by atomic mass is 9.80. The summed E-state index contributed by atoms with van der Waals surface area (Å²) in [5.74, 6) is 0.516. The number of nitrogens with two attached hydrogens (primary N) is 1. The Morgan fingerprint density at radius 3 is 2.72 bits per heavy atom. The van der Waals surface area contributed by atoms with E-state index in [1.807, 2.05) is 6.92 Å². The monoisotopic (exact) mass is 346 g/mol. The SMILES string of the molecule is [2H]C([2H])([2H])n1c(=O)n(C2CCC(C)(NC(=O)C3CC3)CC2)c2cc(N)ncc21. The maximum atomic E-state index is 13.0. The summed E-state index contributed by atoms with van der Waals surface area (Å²) in [5.41, 5.74) is 5.69. The first-order chi connectivity index (χ1) is 13.1. The summed E-state index contributed by atoms with van der Waals surface area (Å²) in [6.07, 6.45) is 6.06. The van der Waals surface area contributed by atoms with Gasteiger partial charge in [0.25, 0.3) is 0 Å². The lowest BCUT2D eigenvalue weighted by Crippen LogP contribution is -2.49. The van der Waals surface area contributed by atoms with E-state index >= 15 is 0 Å². The van der Waals surface area contributed by atoms with Gasteiger partial charge in [0.15, 0.2) is 0 Å². The zero-order valence-electron chi connectivity index (χ0n) is 17.3. The lowest BCUT2D eigenvalue weighted by molar-refractivity contribution is -0.124. The van der Waals surface area contributed by atoms with E-state index in [4.69, 9.17) is 9.85 Å². The van der Waals surface area contributed by atoms with Crippen molar-refractivity contribution in [2.75, 3.05) is 5.73 Å². The highest BCUT2D eigenvalue weighted by atomic mass is 16.2. The number of carbonyl (C=O) groups is 1. The fourth-order valence-corrected chi connectivity index (χ4v) is 3.85. The van der Waals surface area contributed by atoms with Crippen molar-refractivity contribution < 1.29 is 8.91 Å². The summed E-state index contributed by atoms with van der Waals surface area (Å²) >= 11 is 0. The number of amides is 1. The fourth-order valence-electron chi connectivity index (χ4n) is 3.85. The van der Waals surface area contributed by atoms with Gasteiger partial charge in [0, 0.05) is 34.7 Å². The molecule has 0 aromatic carbocycles. The molecule has 0 radical (unpaired) electrons. The van der Waals surface area contributed by atoms with Crippen LogP contribution in [0, 0.1) is 5.92 Å². The third-order valence-corrected chi connectivity index (χ3v) is 5.58. The number of pyridine rings is 1. The molecule has 0 unspecified atom stereocenters. The van der Waals surface area contributed by atoms with Gasteiger partial charge in [0.2, 0.25) is 5.91 Å². The number of nitrogens with zero attached hydrogens (tertiary/aromatic N) is 3. The minimum atomic E-state index is -2.60. The molecular weight excluding hydrogens is 318 g/mol. The van der Waals surface area contributed by atoms with Crippen molar-refractivity contribution in [1.29, 1.82) is 0 Å². The number of hydrogen-bond donors (Lipinski definition) is 2. The fraction of sp³-hybridized carbons (Fsp3) is 0.611. The molecule has 2 fully saturated rings. The Bertz CT molecular complexity index is 981. The molecule has 4 rings (SSSR count). The van der Waals surface area contributed by atoms with Crippen LogP contribution in [0.3, 0.4) is 0 Å². The van der Waals surface area contributed by atoms with Gasteiger partial charge in [0.05, 0.1) is 17.2 Å². The molecule has 2 aromatic rings. The molecule has 3 N–H and O–H groups in total. The number of nitrogen functional groups attached to an aromatic ring is 1. The van der Waals surface area contributed by atoms with Crippen molar-refractivity contribution in [3.05, 3.63) is 22.7 Å². The molecule has 0 aliphatic heterocycles. The molecule has 2 saturated carbocycles. The minimum absolute atomic E-state index is 0.121. The zero-order valence-corrected chi connectivity index (χ0v) is 14.3. The van der Waals surface area contributed by atoms with Crippen molar-refractivity contribution in [3.8, 4) is 0 Å². The maximum absolute atomic E-state index is 13.0. The van der Waals surface area contributed by atoms with Crippen molar-refractivity contribution in [2.24, 2.45) is 12.9 Å². The van der Waals surface area contributed by atoms with Gasteiger partial charge < -0.3 is 11.1 Å². The molecule has 0 saturated heterocycles. The van der Waals surface area contributed by atoms with Gasteiger partial charge in [-0.2, -0.15) is 0 Å². The van der Waals surface area contributed by atoms with E-state index in [1.54, 1.807) is 10.6 Å². The van der Waals surface area contributed by atoms with Gasteiger partial charge in [-0.3, -0.25) is 13.9 Å². The van der Waals surface area contributed by atoms with E-state index in [1.165, 1.54) is 6.20 Å². The number of aryl methyl sites for hydroxylation is 1. The van der Waals surface area contributed by atoms with Crippen LogP contribution in [0.15, 0.2) is 17.1 Å². The first-order valence-electron chi connectivity index (χ1n) is 10.3. The number of anilines is 1. The lowest BCUT2D eigenvalue weighted by Gasteiger charge is -2.38. The van der Waals surface area contributed by atoms with Crippen LogP contribution in [0.5, 0.6) is 0 Å². The molecule has 7 nitrogen and oxygen atoms in total. The molecule has 1 amide bonds. The van der Waals surface area contributed by atoms with Crippen LogP contribution in [0.1, 0.15) is 55.6 Å². The van der Waals surface area contributed by atoms with Crippen LogP contribution in [0.2, 0.25) is 0 Å². The highest BCUT2D eigenvalue weighted by Crippen LogP contribution is 2.37. The highest BCUT2D eigenvalue weighted by molar-refractivity contribution is 5.81. The molecule has 0 spiro atoms. The molecule has 0 atom stereocenters. The summed E-state index contributed by atoms with van der Waals surface area (Å²) in [7, 11) is 0. The van der Waals surface area contributed by atoms with Crippen molar-refractivity contribution in [1.82, 2.24) is 19.4 Å². The average Bonchev–Trinajstić information content (AvgIpc) is 3.39. The predicted molar refractivity (Wildman–Crippen MR) is 96.2 cm³/mol. The number of carbonyl (C=O) groups excluding carboxylic acids is 1. The van der Waals surface area contributed by atoms with Gasteiger partial charge in [-0.15, -0.1) is 0 Å². The quantitative estimate of drug-likeness (QED) is 0.884. The van der Waals surface area contributed by atoms with Gasteiger partial charge in [-0.1, -0.05) is 0 Å². The highest BCUT2D eigenvalue weighted by Gasteiger charge is 2.38. The Hall–Kier alpha value is -2.31. The smallest absolute Gasteiger partial charge is 0.329 e. The van der Waals surface area contributed by atoms with Gasteiger partial charge in [-0.25, -0.2) is 9.78 Å². The second-order valence-corrected chi connectivity index (χ2v) is 7.64. The van der Waals surface area contributed by atoms with Crippen LogP contribution >= 0.6 is 0 Å². The van der Waals surface area contributed by atoms with E-state index in [-0.39, 0.29) is 34.7 Å². The van der Waals surface area contributed by atoms with Crippen LogP contribution < -0.4 is 16.7 Å². The molecule has 134 valence electrons. The Morgan fingerprint density at radius 2 is 2.08 bits per heavy atom. The normalized spacial score (nSPS) is 29.0. The van der Waals surface area contributed by atoms with Crippen LogP contribution in [0.4, 0.5) is 5.82 Å². The second kappa shape index (κ2) is 5.61. The molecule has 2 heterocycles. The summed E-state index contributed by atoms with van der Waals surface area (Å²) < 4.78 is 25.6. The largest absolute Gasteiger partial charge is 0.384 e. The van der Waals surface area contributed by atoms with E-state index in [9.17, 15) is 9.59 Å². The molecule has 25 heavy (non-hydrogen) atoms. The van der Waals surface area contributed by atoms with Crippen molar-refractivity contribution in [3.63, 3.8) is 0 Å². The van der Waals surface area contributed by atoms with E-state index < -0.39 is 12.7 Å². The molecule has 2 aliphatic carbocycles. The van der Waals surface area contributed by atoms with E-state index in [2.05, 4.69) is 10.3 Å². The number of aromatic nitrogens is 3. The third-order valence-electron chi connectivity index (χ3n) is 5.58. The standard InChI is InChI=1S/C18H25N5O2/c1-18(21-16(24)11-3-4-11)7-5-12(6-8-18)23-13-9-15(19)20-10-14(13)22(2)17(23)25/h9-12H,3-8H2,1-2H3,(H2,19,20)(H,21,24)/i2D3. The molecule has 2 aliphatic rings. The molecular formula is C18H25N5O2. The van der Waals surface area contributed by atoms with Crippen molar-refractivity contribution in [2.45, 2.75) is 57.0 Å². The molecule has 7 heteroatoms.